The van der Waals surface area contributed by atoms with E-state index in [9.17, 15) is 12.8 Å². The van der Waals surface area contributed by atoms with Gasteiger partial charge in [0, 0.05) is 6.07 Å². The fraction of sp³-hybridized carbons (Fsp3) is 0.143. The van der Waals surface area contributed by atoms with Crippen molar-refractivity contribution in [1.82, 2.24) is 0 Å². The second-order valence-electron chi connectivity index (χ2n) is 4.56. The molecule has 0 fully saturated rings. The first-order valence-electron chi connectivity index (χ1n) is 6.16. The van der Waals surface area contributed by atoms with Crippen LogP contribution >= 0.6 is 0 Å². The second-order valence-corrected chi connectivity index (χ2v) is 6.28. The molecule has 1 N–H and O–H groups in total. The van der Waals surface area contributed by atoms with E-state index in [1.165, 1.54) is 24.3 Å². The minimum absolute atomic E-state index is 0.126. The molecule has 3 rings (SSSR count). The van der Waals surface area contributed by atoms with Gasteiger partial charge in [-0.1, -0.05) is 12.1 Å². The van der Waals surface area contributed by atoms with Gasteiger partial charge in [-0.2, -0.15) is 0 Å². The molecule has 0 aromatic heterocycles. The maximum absolute atomic E-state index is 12.8. The van der Waals surface area contributed by atoms with Crippen LogP contribution in [0.5, 0.6) is 11.5 Å². The van der Waals surface area contributed by atoms with Gasteiger partial charge >= 0.3 is 0 Å². The van der Waals surface area contributed by atoms with Gasteiger partial charge in [-0.3, -0.25) is 4.72 Å². The number of fused-ring (bicyclic) bond motifs is 1. The Labute approximate surface area is 121 Å². The van der Waals surface area contributed by atoms with Crippen molar-refractivity contribution >= 4 is 15.7 Å². The molecule has 0 saturated carbocycles. The SMILES string of the molecule is O=S(=O)(Cc1ccc(F)cc1)Nc1ccc2c(c1)OCO2. The first-order valence-corrected chi connectivity index (χ1v) is 7.82. The molecule has 5 nitrogen and oxygen atoms in total. The number of sulfonamides is 1. The molecule has 1 aliphatic heterocycles. The van der Waals surface area contributed by atoms with Crippen molar-refractivity contribution in [2.75, 3.05) is 11.5 Å². The van der Waals surface area contributed by atoms with Crippen molar-refractivity contribution in [3.8, 4) is 11.5 Å². The van der Waals surface area contributed by atoms with Gasteiger partial charge in [-0.15, -0.1) is 0 Å². The van der Waals surface area contributed by atoms with Gasteiger partial charge < -0.3 is 9.47 Å². The Balaban J connectivity index is 1.75. The molecule has 2 aromatic rings. The van der Waals surface area contributed by atoms with Crippen LogP contribution in [-0.4, -0.2) is 15.2 Å². The number of ether oxygens (including phenoxy) is 2. The third-order valence-electron chi connectivity index (χ3n) is 2.92. The normalized spacial score (nSPS) is 13.2. The Hall–Kier alpha value is -2.28. The smallest absolute Gasteiger partial charge is 0.236 e. The summed E-state index contributed by atoms with van der Waals surface area (Å²) in [5.41, 5.74) is 0.894. The summed E-state index contributed by atoms with van der Waals surface area (Å²) in [6.45, 7) is 0.126. The van der Waals surface area contributed by atoms with Crippen LogP contribution in [-0.2, 0) is 15.8 Å². The minimum atomic E-state index is -3.59. The number of hydrogen-bond acceptors (Lipinski definition) is 4. The van der Waals surface area contributed by atoms with Gasteiger partial charge in [0.2, 0.25) is 16.8 Å². The fourth-order valence-electron chi connectivity index (χ4n) is 1.98. The Morgan fingerprint density at radius 2 is 1.76 bits per heavy atom. The molecule has 21 heavy (non-hydrogen) atoms. The van der Waals surface area contributed by atoms with E-state index in [-0.39, 0.29) is 12.5 Å². The molecule has 0 radical (unpaired) electrons. The number of hydrogen-bond donors (Lipinski definition) is 1. The average molecular weight is 309 g/mol. The van der Waals surface area contributed by atoms with E-state index in [1.807, 2.05) is 0 Å². The highest BCUT2D eigenvalue weighted by molar-refractivity contribution is 7.91. The average Bonchev–Trinajstić information content (AvgIpc) is 2.88. The van der Waals surface area contributed by atoms with E-state index in [2.05, 4.69) is 4.72 Å². The lowest BCUT2D eigenvalue weighted by molar-refractivity contribution is 0.174. The van der Waals surface area contributed by atoms with Crippen molar-refractivity contribution in [2.24, 2.45) is 0 Å². The van der Waals surface area contributed by atoms with Crippen LogP contribution in [0.25, 0.3) is 0 Å². The van der Waals surface area contributed by atoms with Gasteiger partial charge in [0.1, 0.15) is 5.82 Å². The van der Waals surface area contributed by atoms with E-state index in [0.717, 1.165) is 0 Å². The van der Waals surface area contributed by atoms with Gasteiger partial charge in [0.15, 0.2) is 11.5 Å². The molecule has 110 valence electrons. The Morgan fingerprint density at radius 1 is 1.05 bits per heavy atom. The largest absolute Gasteiger partial charge is 0.454 e. The third-order valence-corrected chi connectivity index (χ3v) is 4.18. The summed E-state index contributed by atoms with van der Waals surface area (Å²) < 4.78 is 49.8. The van der Waals surface area contributed by atoms with Crippen LogP contribution < -0.4 is 14.2 Å². The van der Waals surface area contributed by atoms with Gasteiger partial charge in [0.25, 0.3) is 0 Å². The topological polar surface area (TPSA) is 64.6 Å². The van der Waals surface area contributed by atoms with Gasteiger partial charge in [-0.05, 0) is 29.8 Å². The number of halogens is 1. The Morgan fingerprint density at radius 3 is 2.52 bits per heavy atom. The first kappa shape index (κ1) is 13.7. The maximum Gasteiger partial charge on any atom is 0.236 e. The highest BCUT2D eigenvalue weighted by atomic mass is 32.2. The Kier molecular flexibility index (Phi) is 3.42. The lowest BCUT2D eigenvalue weighted by atomic mass is 10.2. The monoisotopic (exact) mass is 309 g/mol. The summed E-state index contributed by atoms with van der Waals surface area (Å²) in [6, 6.07) is 10.1. The summed E-state index contributed by atoms with van der Waals surface area (Å²) >= 11 is 0. The molecule has 2 aromatic carbocycles. The molecule has 0 spiro atoms. The number of benzene rings is 2. The van der Waals surface area contributed by atoms with E-state index < -0.39 is 15.8 Å². The highest BCUT2D eigenvalue weighted by Crippen LogP contribution is 2.34. The lowest BCUT2D eigenvalue weighted by Crippen LogP contribution is -2.15. The zero-order chi connectivity index (χ0) is 14.9. The lowest BCUT2D eigenvalue weighted by Gasteiger charge is -2.08. The van der Waals surface area contributed by atoms with Crippen LogP contribution in [0.15, 0.2) is 42.5 Å². The van der Waals surface area contributed by atoms with Crippen molar-refractivity contribution in [3.05, 3.63) is 53.8 Å². The summed E-state index contributed by atoms with van der Waals surface area (Å²) in [7, 11) is -3.59. The highest BCUT2D eigenvalue weighted by Gasteiger charge is 2.16. The molecular formula is C14H12FNO4S. The van der Waals surface area contributed by atoms with Crippen molar-refractivity contribution in [2.45, 2.75) is 5.75 Å². The fourth-order valence-corrected chi connectivity index (χ4v) is 3.17. The Bertz CT molecular complexity index is 759. The minimum Gasteiger partial charge on any atom is -0.454 e. The summed E-state index contributed by atoms with van der Waals surface area (Å²) in [5.74, 6) is 0.440. The number of nitrogens with one attached hydrogen (secondary N) is 1. The molecule has 1 aliphatic rings. The van der Waals surface area contributed by atoms with E-state index >= 15 is 0 Å². The predicted molar refractivity (Wildman–Crippen MR) is 75.2 cm³/mol. The zero-order valence-corrected chi connectivity index (χ0v) is 11.7. The van der Waals surface area contributed by atoms with Crippen molar-refractivity contribution < 1.29 is 22.3 Å². The number of anilines is 1. The zero-order valence-electron chi connectivity index (χ0n) is 10.9. The molecule has 0 amide bonds. The van der Waals surface area contributed by atoms with Gasteiger partial charge in [0.05, 0.1) is 11.4 Å². The number of rotatable bonds is 4. The summed E-state index contributed by atoms with van der Waals surface area (Å²) in [4.78, 5) is 0. The van der Waals surface area contributed by atoms with Crippen molar-refractivity contribution in [1.29, 1.82) is 0 Å². The van der Waals surface area contributed by atoms with Gasteiger partial charge in [-0.25, -0.2) is 12.8 Å². The molecular weight excluding hydrogens is 297 g/mol. The molecule has 7 heteroatoms. The van der Waals surface area contributed by atoms with Crippen LogP contribution in [0.4, 0.5) is 10.1 Å². The standard InChI is InChI=1S/C14H12FNO4S/c15-11-3-1-10(2-4-11)8-21(17,18)16-12-5-6-13-14(7-12)20-9-19-13/h1-7,16H,8-9H2. The summed E-state index contributed by atoms with van der Waals surface area (Å²) in [6.07, 6.45) is 0. The first-order chi connectivity index (χ1) is 10.0. The molecule has 0 bridgehead atoms. The van der Waals surface area contributed by atoms with Crippen LogP contribution in [0.1, 0.15) is 5.56 Å². The molecule has 0 atom stereocenters. The molecule has 1 heterocycles. The summed E-state index contributed by atoms with van der Waals surface area (Å²) in [5, 5.41) is 0. The van der Waals surface area contributed by atoms with E-state index in [4.69, 9.17) is 9.47 Å². The molecule has 0 aliphatic carbocycles. The van der Waals surface area contributed by atoms with E-state index in [0.29, 0.717) is 22.7 Å². The third kappa shape index (κ3) is 3.25. The molecule has 0 unspecified atom stereocenters. The van der Waals surface area contributed by atoms with E-state index in [1.54, 1.807) is 18.2 Å². The molecule has 0 saturated heterocycles. The maximum atomic E-state index is 12.8. The van der Waals surface area contributed by atoms with Crippen LogP contribution in [0.2, 0.25) is 0 Å². The van der Waals surface area contributed by atoms with Crippen LogP contribution in [0, 0.1) is 5.82 Å². The predicted octanol–water partition coefficient (Wildman–Crippen LogP) is 2.50. The van der Waals surface area contributed by atoms with Crippen molar-refractivity contribution in [3.63, 3.8) is 0 Å². The van der Waals surface area contributed by atoms with Crippen LogP contribution in [0.3, 0.4) is 0 Å². The second kappa shape index (κ2) is 5.25. The quantitative estimate of drug-likeness (QED) is 0.942.